The molecule has 0 bridgehead atoms. The van der Waals surface area contributed by atoms with Crippen molar-refractivity contribution in [3.05, 3.63) is 71.9 Å². The molecule has 0 amide bonds. The molecule has 0 spiro atoms. The predicted octanol–water partition coefficient (Wildman–Crippen LogP) is 3.23. The lowest BCUT2D eigenvalue weighted by Gasteiger charge is -2.22. The highest BCUT2D eigenvalue weighted by atomic mass is 32.2. The summed E-state index contributed by atoms with van der Waals surface area (Å²) < 4.78 is 40.3. The van der Waals surface area contributed by atoms with Crippen molar-refractivity contribution < 1.29 is 23.0 Å². The van der Waals surface area contributed by atoms with Crippen LogP contribution < -0.4 is 9.47 Å². The highest BCUT2D eigenvalue weighted by Gasteiger charge is 2.28. The molecule has 1 heterocycles. The van der Waals surface area contributed by atoms with E-state index in [1.165, 1.54) is 15.1 Å². The van der Waals surface area contributed by atoms with Crippen LogP contribution in [0.4, 0.5) is 0 Å². The third-order valence-corrected chi connectivity index (χ3v) is 7.02. The predicted molar refractivity (Wildman–Crippen MR) is 121 cm³/mol. The molecule has 0 aliphatic heterocycles. The Morgan fingerprint density at radius 1 is 0.906 bits per heavy atom. The summed E-state index contributed by atoms with van der Waals surface area (Å²) in [5.41, 5.74) is 1.64. The summed E-state index contributed by atoms with van der Waals surface area (Å²) in [5.74, 6) is 1.40. The Morgan fingerprint density at radius 3 is 1.78 bits per heavy atom. The fourth-order valence-corrected chi connectivity index (χ4v) is 4.47. The lowest BCUT2D eigenvalue weighted by Crippen LogP contribution is -2.31. The number of hydrogen-bond acceptors (Lipinski definition) is 6. The van der Waals surface area contributed by atoms with Gasteiger partial charge in [0.1, 0.15) is 11.5 Å². The van der Waals surface area contributed by atoms with E-state index in [0.717, 1.165) is 11.1 Å². The Hall–Kier alpha value is -2.88. The average Bonchev–Trinajstić information content (AvgIpc) is 3.30. The molecule has 2 unspecified atom stereocenters. The van der Waals surface area contributed by atoms with Crippen molar-refractivity contribution in [2.24, 2.45) is 0 Å². The van der Waals surface area contributed by atoms with Crippen LogP contribution in [-0.2, 0) is 23.1 Å². The number of aromatic nitrogens is 2. The third-order valence-electron chi connectivity index (χ3n) is 5.34. The number of sulfonamides is 1. The summed E-state index contributed by atoms with van der Waals surface area (Å²) in [6.07, 6.45) is 0.906. The zero-order chi connectivity index (χ0) is 23.3. The summed E-state index contributed by atoms with van der Waals surface area (Å²) in [6.45, 7) is 3.75. The maximum absolute atomic E-state index is 13.5. The van der Waals surface area contributed by atoms with Crippen molar-refractivity contribution in [2.75, 3.05) is 14.2 Å². The summed E-state index contributed by atoms with van der Waals surface area (Å²) in [4.78, 5) is 0. The lowest BCUT2D eigenvalue weighted by molar-refractivity contribution is 0.131. The Balaban J connectivity index is 1.93. The van der Waals surface area contributed by atoms with Gasteiger partial charge in [-0.15, -0.1) is 0 Å². The van der Waals surface area contributed by atoms with Crippen molar-refractivity contribution in [3.8, 4) is 11.5 Å². The quantitative estimate of drug-likeness (QED) is 0.500. The minimum absolute atomic E-state index is 0.0629. The van der Waals surface area contributed by atoms with Gasteiger partial charge in [0.05, 0.1) is 26.4 Å². The van der Waals surface area contributed by atoms with Gasteiger partial charge in [0, 0.05) is 19.3 Å². The summed E-state index contributed by atoms with van der Waals surface area (Å²) in [7, 11) is -0.743. The highest BCUT2D eigenvalue weighted by molar-refractivity contribution is 7.89. The first kappa shape index (κ1) is 23.8. The van der Waals surface area contributed by atoms with Crippen molar-refractivity contribution >= 4 is 10.0 Å². The molecule has 1 aromatic heterocycles. The smallest absolute Gasteiger partial charge is 0.262 e. The topological polar surface area (TPSA) is 93.9 Å². The van der Waals surface area contributed by atoms with Gasteiger partial charge in [-0.2, -0.15) is 9.40 Å². The maximum Gasteiger partial charge on any atom is 0.262 e. The Morgan fingerprint density at radius 2 is 1.38 bits per heavy atom. The second kappa shape index (κ2) is 10.2. The van der Waals surface area contributed by atoms with Gasteiger partial charge in [-0.05, 0) is 55.3 Å². The normalized spacial score (nSPS) is 13.7. The van der Waals surface area contributed by atoms with Crippen LogP contribution in [0.2, 0.25) is 0 Å². The first-order chi connectivity index (χ1) is 15.2. The lowest BCUT2D eigenvalue weighted by atomic mass is 10.2. The van der Waals surface area contributed by atoms with E-state index in [9.17, 15) is 13.5 Å². The molecular weight excluding hydrogens is 430 g/mol. The minimum Gasteiger partial charge on any atom is -0.497 e. The van der Waals surface area contributed by atoms with Gasteiger partial charge in [0.2, 0.25) is 0 Å². The van der Waals surface area contributed by atoms with Crippen LogP contribution in [-0.4, -0.2) is 47.9 Å². The number of methoxy groups -OCH3 is 2. The molecule has 3 rings (SSSR count). The van der Waals surface area contributed by atoms with Crippen molar-refractivity contribution in [2.45, 2.75) is 44.1 Å². The molecule has 3 aromatic rings. The van der Waals surface area contributed by atoms with E-state index < -0.39 is 16.1 Å². The molecule has 8 nitrogen and oxygen atoms in total. The third kappa shape index (κ3) is 5.48. The highest BCUT2D eigenvalue weighted by Crippen LogP contribution is 2.23. The van der Waals surface area contributed by atoms with Crippen LogP contribution in [0.15, 0.2) is 65.8 Å². The van der Waals surface area contributed by atoms with Crippen molar-refractivity contribution in [1.29, 1.82) is 0 Å². The summed E-state index contributed by atoms with van der Waals surface area (Å²) >= 11 is 0. The molecule has 32 heavy (non-hydrogen) atoms. The molecule has 9 heteroatoms. The van der Waals surface area contributed by atoms with Crippen LogP contribution in [0.1, 0.15) is 31.0 Å². The minimum atomic E-state index is -3.91. The van der Waals surface area contributed by atoms with E-state index in [4.69, 9.17) is 9.47 Å². The molecule has 2 atom stereocenters. The van der Waals surface area contributed by atoms with Crippen LogP contribution >= 0.6 is 0 Å². The monoisotopic (exact) mass is 459 g/mol. The number of benzene rings is 2. The van der Waals surface area contributed by atoms with E-state index >= 15 is 0 Å². The second-order valence-electron chi connectivity index (χ2n) is 7.58. The number of hydrogen-bond donors (Lipinski definition) is 1. The molecular formula is C23H29N3O5S. The van der Waals surface area contributed by atoms with Gasteiger partial charge < -0.3 is 14.6 Å². The second-order valence-corrected chi connectivity index (χ2v) is 9.47. The molecule has 0 aliphatic rings. The number of ether oxygens (including phenoxy) is 2. The number of nitrogens with zero attached hydrogens (tertiary/aromatic N) is 3. The SMILES string of the molecule is COc1ccc(CN(Cc2ccc(OC)cc2)S(=O)(=O)c2ccn(C(C)C(C)O)n2)cc1. The molecule has 172 valence electrons. The maximum atomic E-state index is 13.5. The van der Waals surface area contributed by atoms with Crippen molar-refractivity contribution in [3.63, 3.8) is 0 Å². The van der Waals surface area contributed by atoms with Gasteiger partial charge >= 0.3 is 0 Å². The Labute approximate surface area is 189 Å². The molecule has 0 radical (unpaired) electrons. The largest absolute Gasteiger partial charge is 0.497 e. The van der Waals surface area contributed by atoms with Gasteiger partial charge in [0.25, 0.3) is 10.0 Å². The van der Waals surface area contributed by atoms with Crippen LogP contribution in [0.25, 0.3) is 0 Å². The van der Waals surface area contributed by atoms with E-state index in [0.29, 0.717) is 11.5 Å². The molecule has 0 saturated carbocycles. The average molecular weight is 460 g/mol. The number of aliphatic hydroxyl groups excluding tert-OH is 1. The van der Waals surface area contributed by atoms with Gasteiger partial charge in [-0.25, -0.2) is 8.42 Å². The van der Waals surface area contributed by atoms with Gasteiger partial charge in [-0.1, -0.05) is 24.3 Å². The van der Waals surface area contributed by atoms with E-state index in [1.54, 1.807) is 58.5 Å². The van der Waals surface area contributed by atoms with Gasteiger partial charge in [-0.3, -0.25) is 4.68 Å². The summed E-state index contributed by atoms with van der Waals surface area (Å²) in [5, 5.41) is 14.0. The first-order valence-corrected chi connectivity index (χ1v) is 11.7. The molecule has 0 aliphatic carbocycles. The molecule has 0 fully saturated rings. The van der Waals surface area contributed by atoms with Crippen molar-refractivity contribution in [1.82, 2.24) is 14.1 Å². The van der Waals surface area contributed by atoms with E-state index in [1.807, 2.05) is 24.3 Å². The zero-order valence-electron chi connectivity index (χ0n) is 18.7. The van der Waals surface area contributed by atoms with E-state index in [-0.39, 0.29) is 24.2 Å². The van der Waals surface area contributed by atoms with Crippen LogP contribution in [0.3, 0.4) is 0 Å². The van der Waals surface area contributed by atoms with Crippen LogP contribution in [0.5, 0.6) is 11.5 Å². The van der Waals surface area contributed by atoms with E-state index in [2.05, 4.69) is 5.10 Å². The Kier molecular flexibility index (Phi) is 7.55. The number of aliphatic hydroxyl groups is 1. The fraction of sp³-hybridized carbons (Fsp3) is 0.348. The standard InChI is InChI=1S/C23H29N3O5S/c1-17(18(2)27)26-14-13-23(24-26)32(28,29)25(15-19-5-9-21(30-3)10-6-19)16-20-7-11-22(31-4)12-8-20/h5-14,17-18,27H,15-16H2,1-4H3. The van der Waals surface area contributed by atoms with Gasteiger partial charge in [0.15, 0.2) is 5.03 Å². The first-order valence-electron chi connectivity index (χ1n) is 10.2. The molecule has 1 N–H and O–H groups in total. The molecule has 2 aromatic carbocycles. The molecule has 0 saturated heterocycles. The fourth-order valence-electron chi connectivity index (χ4n) is 3.13. The zero-order valence-corrected chi connectivity index (χ0v) is 19.5. The van der Waals surface area contributed by atoms with Crippen LogP contribution in [0, 0.1) is 0 Å². The summed E-state index contributed by atoms with van der Waals surface area (Å²) in [6, 6.07) is 15.7. The Bertz CT molecular complexity index is 1060. The number of rotatable bonds is 10.